The van der Waals surface area contributed by atoms with E-state index >= 15 is 0 Å². The molecule has 0 aromatic carbocycles. The van der Waals surface area contributed by atoms with Crippen LogP contribution < -0.4 is 10.2 Å². The number of hydrogen-bond donors (Lipinski definition) is 1. The van der Waals surface area contributed by atoms with Crippen molar-refractivity contribution in [2.75, 3.05) is 24.5 Å². The maximum Gasteiger partial charge on any atom is 0.225 e. The smallest absolute Gasteiger partial charge is 0.225 e. The van der Waals surface area contributed by atoms with E-state index in [4.69, 9.17) is 0 Å². The number of unbranched alkanes of at least 4 members (excludes halogenated alkanes) is 5. The number of anilines is 1. The second-order valence-corrected chi connectivity index (χ2v) is 6.06. The predicted molar refractivity (Wildman–Crippen MR) is 88.6 cm³/mol. The molecule has 2 rings (SSSR count). The molecule has 1 aliphatic heterocycles. The lowest BCUT2D eigenvalue weighted by atomic mass is 10.1. The van der Waals surface area contributed by atoms with Gasteiger partial charge in [-0.3, -0.25) is 0 Å². The van der Waals surface area contributed by atoms with Gasteiger partial charge in [-0.15, -0.1) is 0 Å². The summed E-state index contributed by atoms with van der Waals surface area (Å²) in [6, 6.07) is 2.47. The number of hydrogen-bond acceptors (Lipinski definition) is 4. The molecule has 1 aliphatic rings. The first kappa shape index (κ1) is 16.2. The molecule has 0 aliphatic carbocycles. The summed E-state index contributed by atoms with van der Waals surface area (Å²) in [7, 11) is 0. The summed E-state index contributed by atoms with van der Waals surface area (Å²) in [5.41, 5.74) is 0. The highest BCUT2D eigenvalue weighted by atomic mass is 15.3. The van der Waals surface area contributed by atoms with Crippen LogP contribution in [-0.2, 0) is 0 Å². The summed E-state index contributed by atoms with van der Waals surface area (Å²) in [6.45, 7) is 5.55. The van der Waals surface area contributed by atoms with Gasteiger partial charge in [0.15, 0.2) is 0 Å². The van der Waals surface area contributed by atoms with Crippen molar-refractivity contribution < 1.29 is 0 Å². The Kier molecular flexibility index (Phi) is 7.50. The quantitative estimate of drug-likeness (QED) is 0.708. The van der Waals surface area contributed by atoms with Crippen LogP contribution in [0.5, 0.6) is 0 Å². The maximum absolute atomic E-state index is 4.36. The van der Waals surface area contributed by atoms with Crippen LogP contribution in [0, 0.1) is 0 Å². The van der Waals surface area contributed by atoms with Gasteiger partial charge in [0.1, 0.15) is 0 Å². The minimum absolute atomic E-state index is 0.596. The topological polar surface area (TPSA) is 41.0 Å². The molecule has 21 heavy (non-hydrogen) atoms. The largest absolute Gasteiger partial charge is 0.339 e. The molecule has 1 unspecified atom stereocenters. The van der Waals surface area contributed by atoms with Crippen molar-refractivity contribution in [3.63, 3.8) is 0 Å². The van der Waals surface area contributed by atoms with Crippen LogP contribution in [0.25, 0.3) is 0 Å². The molecule has 1 atom stereocenters. The van der Waals surface area contributed by atoms with E-state index in [1.54, 1.807) is 0 Å². The van der Waals surface area contributed by atoms with Crippen molar-refractivity contribution in [3.05, 3.63) is 18.5 Å². The van der Waals surface area contributed by atoms with E-state index < -0.39 is 0 Å². The van der Waals surface area contributed by atoms with E-state index in [0.717, 1.165) is 25.6 Å². The van der Waals surface area contributed by atoms with E-state index in [1.165, 1.54) is 51.4 Å². The summed E-state index contributed by atoms with van der Waals surface area (Å²) in [6.07, 6.45) is 14.4. The van der Waals surface area contributed by atoms with Gasteiger partial charge in [0.05, 0.1) is 0 Å². The van der Waals surface area contributed by atoms with Crippen molar-refractivity contribution in [3.8, 4) is 0 Å². The van der Waals surface area contributed by atoms with Gasteiger partial charge >= 0.3 is 0 Å². The fourth-order valence-electron chi connectivity index (χ4n) is 2.99. The van der Waals surface area contributed by atoms with Crippen molar-refractivity contribution in [2.24, 2.45) is 0 Å². The minimum Gasteiger partial charge on any atom is -0.339 e. The molecule has 2 heterocycles. The summed E-state index contributed by atoms with van der Waals surface area (Å²) in [4.78, 5) is 11.0. The van der Waals surface area contributed by atoms with Crippen molar-refractivity contribution in [1.82, 2.24) is 15.3 Å². The summed E-state index contributed by atoms with van der Waals surface area (Å²) >= 11 is 0. The lowest BCUT2D eigenvalue weighted by Gasteiger charge is -2.33. The zero-order valence-corrected chi connectivity index (χ0v) is 13.4. The third-order valence-electron chi connectivity index (χ3n) is 4.22. The second-order valence-electron chi connectivity index (χ2n) is 6.06. The number of rotatable bonds is 9. The van der Waals surface area contributed by atoms with Gasteiger partial charge < -0.3 is 10.2 Å². The van der Waals surface area contributed by atoms with E-state index in [2.05, 4.69) is 27.1 Å². The third-order valence-corrected chi connectivity index (χ3v) is 4.22. The first-order valence-electron chi connectivity index (χ1n) is 8.65. The Bertz CT molecular complexity index is 368. The van der Waals surface area contributed by atoms with Gasteiger partial charge in [-0.1, -0.05) is 39.0 Å². The fourth-order valence-corrected chi connectivity index (χ4v) is 2.99. The van der Waals surface area contributed by atoms with E-state index in [9.17, 15) is 0 Å². The molecule has 1 saturated heterocycles. The SMILES string of the molecule is CCCCCCCCNC1CCCN(c2ncccn2)C1. The molecule has 118 valence electrons. The van der Waals surface area contributed by atoms with Gasteiger partial charge in [-0.25, -0.2) is 9.97 Å². The molecule has 0 saturated carbocycles. The highest BCUT2D eigenvalue weighted by molar-refractivity contribution is 5.29. The number of aromatic nitrogens is 2. The Hall–Kier alpha value is -1.16. The monoisotopic (exact) mass is 290 g/mol. The van der Waals surface area contributed by atoms with Gasteiger partial charge in [0.2, 0.25) is 5.95 Å². The van der Waals surface area contributed by atoms with Crippen molar-refractivity contribution in [2.45, 2.75) is 64.3 Å². The minimum atomic E-state index is 0.596. The molecule has 0 spiro atoms. The molecule has 0 amide bonds. The highest BCUT2D eigenvalue weighted by Crippen LogP contribution is 2.15. The van der Waals surface area contributed by atoms with Crippen LogP contribution in [-0.4, -0.2) is 35.6 Å². The van der Waals surface area contributed by atoms with Crippen LogP contribution in [0.15, 0.2) is 18.5 Å². The van der Waals surface area contributed by atoms with Gasteiger partial charge in [0.25, 0.3) is 0 Å². The zero-order chi connectivity index (χ0) is 14.8. The predicted octanol–water partition coefficient (Wildman–Crippen LogP) is 3.40. The average molecular weight is 290 g/mol. The average Bonchev–Trinajstić information content (AvgIpc) is 2.55. The summed E-state index contributed by atoms with van der Waals surface area (Å²) < 4.78 is 0. The molecule has 1 aromatic rings. The van der Waals surface area contributed by atoms with Crippen LogP contribution >= 0.6 is 0 Å². The lowest BCUT2D eigenvalue weighted by molar-refractivity contribution is 0.412. The van der Waals surface area contributed by atoms with Gasteiger partial charge in [0, 0.05) is 31.5 Å². The standard InChI is InChI=1S/C17H30N4/c1-2-3-4-5-6-7-11-18-16-10-8-14-21(15-16)17-19-12-9-13-20-17/h9,12-13,16,18H,2-8,10-11,14-15H2,1H3. The lowest BCUT2D eigenvalue weighted by Crippen LogP contribution is -2.46. The first-order valence-corrected chi connectivity index (χ1v) is 8.65. The zero-order valence-electron chi connectivity index (χ0n) is 13.4. The van der Waals surface area contributed by atoms with E-state index in [1.807, 2.05) is 18.5 Å². The van der Waals surface area contributed by atoms with Crippen LogP contribution in [0.4, 0.5) is 5.95 Å². The Balaban J connectivity index is 1.61. The molecule has 0 radical (unpaired) electrons. The molecule has 1 N–H and O–H groups in total. The van der Waals surface area contributed by atoms with Gasteiger partial charge in [-0.2, -0.15) is 0 Å². The second kappa shape index (κ2) is 9.72. The van der Waals surface area contributed by atoms with Crippen molar-refractivity contribution >= 4 is 5.95 Å². The normalized spacial score (nSPS) is 18.9. The summed E-state index contributed by atoms with van der Waals surface area (Å²) in [5.74, 6) is 0.878. The summed E-state index contributed by atoms with van der Waals surface area (Å²) in [5, 5.41) is 3.72. The van der Waals surface area contributed by atoms with Crippen LogP contribution in [0.2, 0.25) is 0 Å². The molecule has 4 heteroatoms. The van der Waals surface area contributed by atoms with Crippen molar-refractivity contribution in [1.29, 1.82) is 0 Å². The number of nitrogens with zero attached hydrogens (tertiary/aromatic N) is 3. The molecular formula is C17H30N4. The number of piperidine rings is 1. The Morgan fingerprint density at radius 2 is 1.90 bits per heavy atom. The molecule has 1 fully saturated rings. The Labute approximate surface area is 129 Å². The maximum atomic E-state index is 4.36. The molecule has 0 bridgehead atoms. The molecule has 1 aromatic heterocycles. The third kappa shape index (κ3) is 6.00. The molecule has 4 nitrogen and oxygen atoms in total. The Morgan fingerprint density at radius 1 is 1.14 bits per heavy atom. The van der Waals surface area contributed by atoms with E-state index in [0.29, 0.717) is 6.04 Å². The van der Waals surface area contributed by atoms with Gasteiger partial charge in [-0.05, 0) is 31.9 Å². The fraction of sp³-hybridized carbons (Fsp3) is 0.765. The Morgan fingerprint density at radius 3 is 2.71 bits per heavy atom. The van der Waals surface area contributed by atoms with Crippen LogP contribution in [0.3, 0.4) is 0 Å². The van der Waals surface area contributed by atoms with Crippen LogP contribution in [0.1, 0.15) is 58.3 Å². The number of nitrogens with one attached hydrogen (secondary N) is 1. The highest BCUT2D eigenvalue weighted by Gasteiger charge is 2.20. The van der Waals surface area contributed by atoms with E-state index in [-0.39, 0.29) is 0 Å². The first-order chi connectivity index (χ1) is 10.4. The molecular weight excluding hydrogens is 260 g/mol.